The molecule has 0 fully saturated rings. The van der Waals surface area contributed by atoms with Gasteiger partial charge in [0.15, 0.2) is 0 Å². The van der Waals surface area contributed by atoms with Crippen LogP contribution in [0.5, 0.6) is 0 Å². The minimum Gasteiger partial charge on any atom is -0.466 e. The Balaban J connectivity index is 1.94. The normalized spacial score (nSPS) is 12.5. The van der Waals surface area contributed by atoms with Crippen molar-refractivity contribution in [2.45, 2.75) is 26.3 Å². The molecule has 0 spiro atoms. The van der Waals surface area contributed by atoms with Crippen molar-refractivity contribution in [3.63, 3.8) is 0 Å². The number of ether oxygens (including phenoxy) is 1. The minimum atomic E-state index is -0.793. The lowest BCUT2D eigenvalue weighted by Crippen LogP contribution is -2.47. The Morgan fingerprint density at radius 1 is 1.03 bits per heavy atom. The highest BCUT2D eigenvalue weighted by Crippen LogP contribution is 2.15. The van der Waals surface area contributed by atoms with Crippen LogP contribution in [0.4, 0.5) is 0 Å². The highest BCUT2D eigenvalue weighted by Gasteiger charge is 2.23. The Morgan fingerprint density at radius 3 is 2.34 bits per heavy atom. The second-order valence-corrected chi connectivity index (χ2v) is 6.97. The van der Waals surface area contributed by atoms with Crippen molar-refractivity contribution in [2.24, 2.45) is 5.92 Å². The van der Waals surface area contributed by atoms with Gasteiger partial charge in [-0.05, 0) is 38.0 Å². The summed E-state index contributed by atoms with van der Waals surface area (Å²) in [4.78, 5) is 37.0. The highest BCUT2D eigenvalue weighted by molar-refractivity contribution is 6.33. The van der Waals surface area contributed by atoms with Crippen LogP contribution in [0, 0.1) is 5.92 Å². The van der Waals surface area contributed by atoms with Crippen LogP contribution >= 0.6 is 11.6 Å². The largest absolute Gasteiger partial charge is 0.466 e. The van der Waals surface area contributed by atoms with E-state index < -0.39 is 23.8 Å². The summed E-state index contributed by atoms with van der Waals surface area (Å²) in [5.41, 5.74) is 1.27. The van der Waals surface area contributed by atoms with E-state index in [4.69, 9.17) is 16.3 Å². The van der Waals surface area contributed by atoms with E-state index in [1.165, 1.54) is 0 Å². The molecule has 0 aromatic heterocycles. The first-order valence-electron chi connectivity index (χ1n) is 9.46. The molecule has 6 nitrogen and oxygen atoms in total. The van der Waals surface area contributed by atoms with Gasteiger partial charge >= 0.3 is 5.97 Å². The number of rotatable bonds is 9. The zero-order chi connectivity index (χ0) is 21.2. The van der Waals surface area contributed by atoms with E-state index >= 15 is 0 Å². The number of hydrogen-bond donors (Lipinski definition) is 2. The SMILES string of the molecule is CCOC(=O)C(CNC(=O)C(C)NC(=O)c1ccccc1Cl)Cc1ccccc1. The molecule has 0 saturated carbocycles. The number of esters is 1. The van der Waals surface area contributed by atoms with Crippen molar-refractivity contribution in [1.82, 2.24) is 10.6 Å². The summed E-state index contributed by atoms with van der Waals surface area (Å²) in [6.07, 6.45) is 0.445. The van der Waals surface area contributed by atoms with Crippen LogP contribution in [0.25, 0.3) is 0 Å². The topological polar surface area (TPSA) is 84.5 Å². The number of amides is 2. The van der Waals surface area contributed by atoms with Gasteiger partial charge < -0.3 is 15.4 Å². The van der Waals surface area contributed by atoms with E-state index in [0.717, 1.165) is 5.56 Å². The Labute approximate surface area is 175 Å². The van der Waals surface area contributed by atoms with E-state index in [1.54, 1.807) is 38.1 Å². The van der Waals surface area contributed by atoms with Crippen LogP contribution in [-0.2, 0) is 20.7 Å². The van der Waals surface area contributed by atoms with E-state index in [0.29, 0.717) is 17.0 Å². The third-order valence-electron chi connectivity index (χ3n) is 4.33. The first-order chi connectivity index (χ1) is 13.9. The first kappa shape index (κ1) is 22.4. The Kier molecular flexibility index (Phi) is 8.68. The van der Waals surface area contributed by atoms with Crippen molar-refractivity contribution in [2.75, 3.05) is 13.2 Å². The zero-order valence-electron chi connectivity index (χ0n) is 16.5. The molecular formula is C22H25ClN2O4. The molecule has 0 heterocycles. The standard InChI is InChI=1S/C22H25ClN2O4/c1-3-29-22(28)17(13-16-9-5-4-6-10-16)14-24-20(26)15(2)25-21(27)18-11-7-8-12-19(18)23/h4-12,15,17H,3,13-14H2,1-2H3,(H,24,26)(H,25,27). The first-order valence-corrected chi connectivity index (χ1v) is 9.83. The molecule has 0 aliphatic rings. The van der Waals surface area contributed by atoms with Gasteiger partial charge in [0.1, 0.15) is 6.04 Å². The van der Waals surface area contributed by atoms with Gasteiger partial charge in [0.25, 0.3) is 5.91 Å². The predicted octanol–water partition coefficient (Wildman–Crippen LogP) is 3.00. The smallest absolute Gasteiger partial charge is 0.311 e. The number of carbonyl (C=O) groups excluding carboxylic acids is 3. The highest BCUT2D eigenvalue weighted by atomic mass is 35.5. The monoisotopic (exact) mass is 416 g/mol. The second kappa shape index (κ2) is 11.2. The molecule has 2 aromatic carbocycles. The molecule has 0 saturated heterocycles. The van der Waals surface area contributed by atoms with Gasteiger partial charge in [-0.25, -0.2) is 0 Å². The molecule has 0 bridgehead atoms. The van der Waals surface area contributed by atoms with Crippen molar-refractivity contribution < 1.29 is 19.1 Å². The van der Waals surface area contributed by atoms with Crippen molar-refractivity contribution in [3.8, 4) is 0 Å². The van der Waals surface area contributed by atoms with Gasteiger partial charge in [0.05, 0.1) is 23.1 Å². The molecule has 0 radical (unpaired) electrons. The summed E-state index contributed by atoms with van der Waals surface area (Å²) in [5.74, 6) is -1.73. The molecule has 7 heteroatoms. The van der Waals surface area contributed by atoms with Gasteiger partial charge in [-0.3, -0.25) is 14.4 Å². The molecule has 2 atom stereocenters. The second-order valence-electron chi connectivity index (χ2n) is 6.56. The van der Waals surface area contributed by atoms with Crippen molar-refractivity contribution in [3.05, 3.63) is 70.7 Å². The van der Waals surface area contributed by atoms with E-state index in [-0.39, 0.29) is 19.1 Å². The molecule has 154 valence electrons. The predicted molar refractivity (Wildman–Crippen MR) is 112 cm³/mol. The van der Waals surface area contributed by atoms with Gasteiger partial charge in [-0.1, -0.05) is 54.1 Å². The summed E-state index contributed by atoms with van der Waals surface area (Å²) in [6.45, 7) is 3.68. The molecule has 2 unspecified atom stereocenters. The molecule has 2 aromatic rings. The fourth-order valence-electron chi connectivity index (χ4n) is 2.76. The quantitative estimate of drug-likeness (QED) is 0.615. The van der Waals surface area contributed by atoms with Crippen LogP contribution in [0.2, 0.25) is 5.02 Å². The lowest BCUT2D eigenvalue weighted by atomic mass is 9.99. The Morgan fingerprint density at radius 2 is 1.69 bits per heavy atom. The maximum absolute atomic E-state index is 12.4. The van der Waals surface area contributed by atoms with E-state index in [1.807, 2.05) is 30.3 Å². The van der Waals surface area contributed by atoms with E-state index in [9.17, 15) is 14.4 Å². The van der Waals surface area contributed by atoms with Gasteiger partial charge in [0.2, 0.25) is 5.91 Å². The fraction of sp³-hybridized carbons (Fsp3) is 0.318. The summed E-state index contributed by atoms with van der Waals surface area (Å²) in [5, 5.41) is 5.65. The minimum absolute atomic E-state index is 0.110. The lowest BCUT2D eigenvalue weighted by molar-refractivity contribution is -0.147. The van der Waals surface area contributed by atoms with Gasteiger partial charge in [-0.2, -0.15) is 0 Å². The van der Waals surface area contributed by atoms with Crippen molar-refractivity contribution in [1.29, 1.82) is 0 Å². The maximum atomic E-state index is 12.4. The number of nitrogens with one attached hydrogen (secondary N) is 2. The third-order valence-corrected chi connectivity index (χ3v) is 4.66. The van der Waals surface area contributed by atoms with Crippen LogP contribution in [-0.4, -0.2) is 37.0 Å². The van der Waals surface area contributed by atoms with Crippen LogP contribution in [0.15, 0.2) is 54.6 Å². The summed E-state index contributed by atoms with van der Waals surface area (Å²) >= 11 is 6.01. The molecule has 0 aliphatic heterocycles. The molecule has 2 N–H and O–H groups in total. The molecular weight excluding hydrogens is 392 g/mol. The van der Waals surface area contributed by atoms with E-state index in [2.05, 4.69) is 10.6 Å². The van der Waals surface area contributed by atoms with Gasteiger partial charge in [-0.15, -0.1) is 0 Å². The zero-order valence-corrected chi connectivity index (χ0v) is 17.2. The lowest BCUT2D eigenvalue weighted by Gasteiger charge is -2.19. The molecule has 29 heavy (non-hydrogen) atoms. The summed E-state index contributed by atoms with van der Waals surface area (Å²) in [6, 6.07) is 15.3. The van der Waals surface area contributed by atoms with Crippen LogP contribution < -0.4 is 10.6 Å². The summed E-state index contributed by atoms with van der Waals surface area (Å²) in [7, 11) is 0. The summed E-state index contributed by atoms with van der Waals surface area (Å²) < 4.78 is 5.13. The number of halogens is 1. The Hall–Kier alpha value is -2.86. The maximum Gasteiger partial charge on any atom is 0.311 e. The number of carbonyl (C=O) groups is 3. The molecule has 2 amide bonds. The van der Waals surface area contributed by atoms with Gasteiger partial charge in [0, 0.05) is 6.54 Å². The molecule has 2 rings (SSSR count). The Bertz CT molecular complexity index is 842. The fourth-order valence-corrected chi connectivity index (χ4v) is 2.98. The van der Waals surface area contributed by atoms with Crippen LogP contribution in [0.3, 0.4) is 0 Å². The van der Waals surface area contributed by atoms with Crippen molar-refractivity contribution >= 4 is 29.4 Å². The molecule has 0 aliphatic carbocycles. The third kappa shape index (κ3) is 6.91. The number of hydrogen-bond acceptors (Lipinski definition) is 4. The number of benzene rings is 2. The van der Waals surface area contributed by atoms with Crippen LogP contribution in [0.1, 0.15) is 29.8 Å². The average molecular weight is 417 g/mol. The average Bonchev–Trinajstić information content (AvgIpc) is 2.71.